The smallest absolute Gasteiger partial charge is 0.320 e. The third kappa shape index (κ3) is 2.54. The van der Waals surface area contributed by atoms with Gasteiger partial charge in [-0.15, -0.1) is 0 Å². The van der Waals surface area contributed by atoms with Gasteiger partial charge >= 0.3 is 5.97 Å². The Balaban J connectivity index is 2.11. The number of aliphatic hydroxyl groups excluding tert-OH is 1. The average molecular weight is 249 g/mol. The van der Waals surface area contributed by atoms with Crippen molar-refractivity contribution in [3.8, 4) is 0 Å². The molecule has 0 aromatic heterocycles. The lowest BCUT2D eigenvalue weighted by atomic mass is 10.0. The van der Waals surface area contributed by atoms with Crippen molar-refractivity contribution in [3.05, 3.63) is 35.9 Å². The molecule has 3 unspecified atom stereocenters. The van der Waals surface area contributed by atoms with Gasteiger partial charge in [0.1, 0.15) is 6.04 Å². The third-order valence-corrected chi connectivity index (χ3v) is 3.70. The van der Waals surface area contributed by atoms with Gasteiger partial charge < -0.3 is 10.2 Å². The average Bonchev–Trinajstić information content (AvgIpc) is 2.87. The van der Waals surface area contributed by atoms with Crippen molar-refractivity contribution < 1.29 is 15.0 Å². The summed E-state index contributed by atoms with van der Waals surface area (Å²) in [5, 5.41) is 19.5. The molecule has 1 aromatic carbocycles. The largest absolute Gasteiger partial charge is 0.480 e. The number of aliphatic hydroxyl groups is 1. The summed E-state index contributed by atoms with van der Waals surface area (Å²) in [6.45, 7) is 2.63. The predicted molar refractivity (Wildman–Crippen MR) is 68.2 cm³/mol. The highest BCUT2D eigenvalue weighted by atomic mass is 16.4. The van der Waals surface area contributed by atoms with Crippen LogP contribution in [0.4, 0.5) is 0 Å². The van der Waals surface area contributed by atoms with Gasteiger partial charge in [-0.1, -0.05) is 30.3 Å². The van der Waals surface area contributed by atoms with Gasteiger partial charge in [0.25, 0.3) is 0 Å². The number of aliphatic carboxylic acids is 1. The Morgan fingerprint density at radius 3 is 2.67 bits per heavy atom. The van der Waals surface area contributed by atoms with E-state index in [2.05, 4.69) is 0 Å². The first kappa shape index (κ1) is 13.1. The van der Waals surface area contributed by atoms with E-state index in [4.69, 9.17) is 5.11 Å². The molecule has 3 atom stereocenters. The number of hydrogen-bond donors (Lipinski definition) is 2. The Kier molecular flexibility index (Phi) is 3.99. The van der Waals surface area contributed by atoms with Crippen LogP contribution in [-0.2, 0) is 4.79 Å². The van der Waals surface area contributed by atoms with Crippen molar-refractivity contribution in [2.24, 2.45) is 0 Å². The topological polar surface area (TPSA) is 60.8 Å². The molecular weight excluding hydrogens is 230 g/mol. The maximum atomic E-state index is 11.2. The molecule has 1 aliphatic heterocycles. The van der Waals surface area contributed by atoms with Crippen LogP contribution in [-0.4, -0.2) is 39.7 Å². The highest BCUT2D eigenvalue weighted by Crippen LogP contribution is 2.27. The van der Waals surface area contributed by atoms with E-state index in [-0.39, 0.29) is 6.04 Å². The first-order chi connectivity index (χ1) is 8.61. The van der Waals surface area contributed by atoms with E-state index in [0.29, 0.717) is 6.42 Å². The zero-order valence-electron chi connectivity index (χ0n) is 10.5. The molecule has 0 bridgehead atoms. The number of benzene rings is 1. The van der Waals surface area contributed by atoms with Gasteiger partial charge in [0.2, 0.25) is 0 Å². The molecule has 0 aliphatic carbocycles. The first-order valence-electron chi connectivity index (χ1n) is 6.33. The predicted octanol–water partition coefficient (Wildman–Crippen LogP) is 1.66. The van der Waals surface area contributed by atoms with Crippen LogP contribution in [0.5, 0.6) is 0 Å². The summed E-state index contributed by atoms with van der Waals surface area (Å²) in [7, 11) is 0. The van der Waals surface area contributed by atoms with Gasteiger partial charge in [-0.2, -0.15) is 0 Å². The maximum absolute atomic E-state index is 11.2. The molecule has 1 heterocycles. The Bertz CT molecular complexity index is 407. The normalized spacial score (nSPS) is 23.8. The fourth-order valence-electron chi connectivity index (χ4n) is 2.65. The van der Waals surface area contributed by atoms with E-state index >= 15 is 0 Å². The molecular formula is C14H19NO3. The van der Waals surface area contributed by atoms with Crippen LogP contribution in [0.3, 0.4) is 0 Å². The van der Waals surface area contributed by atoms with Crippen molar-refractivity contribution in [3.63, 3.8) is 0 Å². The van der Waals surface area contributed by atoms with Gasteiger partial charge in [-0.05, 0) is 31.9 Å². The summed E-state index contributed by atoms with van der Waals surface area (Å²) in [6, 6.07) is 8.75. The molecule has 4 nitrogen and oxygen atoms in total. The Labute approximate surface area is 107 Å². The van der Waals surface area contributed by atoms with Gasteiger partial charge in [-0.25, -0.2) is 0 Å². The SMILES string of the molecule is CC(C(O)c1ccccc1)N1CCCC1C(=O)O. The third-order valence-electron chi connectivity index (χ3n) is 3.70. The van der Waals surface area contributed by atoms with Crippen LogP contribution in [0, 0.1) is 0 Å². The molecule has 0 radical (unpaired) electrons. The lowest BCUT2D eigenvalue weighted by molar-refractivity contribution is -0.143. The number of hydrogen-bond acceptors (Lipinski definition) is 3. The van der Waals surface area contributed by atoms with E-state index in [0.717, 1.165) is 18.5 Å². The molecule has 18 heavy (non-hydrogen) atoms. The van der Waals surface area contributed by atoms with E-state index in [9.17, 15) is 9.90 Å². The minimum absolute atomic E-state index is 0.184. The summed E-state index contributed by atoms with van der Waals surface area (Å²) >= 11 is 0. The second-order valence-electron chi connectivity index (χ2n) is 4.83. The fraction of sp³-hybridized carbons (Fsp3) is 0.500. The second-order valence-corrected chi connectivity index (χ2v) is 4.83. The van der Waals surface area contributed by atoms with Gasteiger partial charge in [0.15, 0.2) is 0 Å². The van der Waals surface area contributed by atoms with Gasteiger partial charge in [-0.3, -0.25) is 9.69 Å². The number of carboxylic acids is 1. The number of carboxylic acid groups (broad SMARTS) is 1. The molecule has 4 heteroatoms. The number of carbonyl (C=O) groups is 1. The quantitative estimate of drug-likeness (QED) is 0.852. The molecule has 1 fully saturated rings. The van der Waals surface area contributed by atoms with Crippen molar-refractivity contribution >= 4 is 5.97 Å². The molecule has 0 amide bonds. The zero-order valence-corrected chi connectivity index (χ0v) is 10.5. The second kappa shape index (κ2) is 5.50. The lowest BCUT2D eigenvalue weighted by Gasteiger charge is -2.31. The summed E-state index contributed by atoms with van der Waals surface area (Å²) in [5.74, 6) is -0.792. The van der Waals surface area contributed by atoms with Crippen molar-refractivity contribution in [2.45, 2.75) is 38.0 Å². The monoisotopic (exact) mass is 249 g/mol. The Morgan fingerprint density at radius 1 is 1.39 bits per heavy atom. The molecule has 0 spiro atoms. The van der Waals surface area contributed by atoms with Gasteiger partial charge in [0.05, 0.1) is 6.10 Å². The van der Waals surface area contributed by atoms with Crippen LogP contribution in [0.15, 0.2) is 30.3 Å². The maximum Gasteiger partial charge on any atom is 0.320 e. The Hall–Kier alpha value is -1.39. The first-order valence-corrected chi connectivity index (χ1v) is 6.33. The van der Waals surface area contributed by atoms with E-state index in [1.807, 2.05) is 42.2 Å². The molecule has 1 aromatic rings. The minimum Gasteiger partial charge on any atom is -0.480 e. The van der Waals surface area contributed by atoms with Crippen molar-refractivity contribution in [1.29, 1.82) is 0 Å². The molecule has 1 aliphatic rings. The van der Waals surface area contributed by atoms with Crippen LogP contribution in [0.25, 0.3) is 0 Å². The summed E-state index contributed by atoms with van der Waals surface area (Å²) in [5.41, 5.74) is 0.834. The minimum atomic E-state index is -0.792. The van der Waals surface area contributed by atoms with Crippen molar-refractivity contribution in [1.82, 2.24) is 4.90 Å². The summed E-state index contributed by atoms with van der Waals surface area (Å²) < 4.78 is 0. The molecule has 2 rings (SSSR count). The van der Waals surface area contributed by atoms with E-state index < -0.39 is 18.1 Å². The number of rotatable bonds is 4. The fourth-order valence-corrected chi connectivity index (χ4v) is 2.65. The zero-order chi connectivity index (χ0) is 13.1. The van der Waals surface area contributed by atoms with Crippen molar-refractivity contribution in [2.75, 3.05) is 6.54 Å². The van der Waals surface area contributed by atoms with Crippen LogP contribution in [0.2, 0.25) is 0 Å². The Morgan fingerprint density at radius 2 is 2.06 bits per heavy atom. The molecule has 2 N–H and O–H groups in total. The van der Waals surface area contributed by atoms with Crippen LogP contribution >= 0.6 is 0 Å². The van der Waals surface area contributed by atoms with Crippen LogP contribution < -0.4 is 0 Å². The lowest BCUT2D eigenvalue weighted by Crippen LogP contribution is -2.44. The number of nitrogens with zero attached hydrogens (tertiary/aromatic N) is 1. The van der Waals surface area contributed by atoms with E-state index in [1.54, 1.807) is 0 Å². The van der Waals surface area contributed by atoms with Crippen LogP contribution in [0.1, 0.15) is 31.4 Å². The molecule has 98 valence electrons. The molecule has 1 saturated heterocycles. The number of likely N-dealkylation sites (tertiary alicyclic amines) is 1. The standard InChI is InChI=1S/C14H19NO3/c1-10(13(16)11-6-3-2-4-7-11)15-9-5-8-12(15)14(17)18/h2-4,6-7,10,12-13,16H,5,8-9H2,1H3,(H,17,18). The highest BCUT2D eigenvalue weighted by molar-refractivity contribution is 5.73. The summed E-state index contributed by atoms with van der Waals surface area (Å²) in [4.78, 5) is 13.0. The van der Waals surface area contributed by atoms with Gasteiger partial charge in [0, 0.05) is 6.04 Å². The summed E-state index contributed by atoms with van der Waals surface area (Å²) in [6.07, 6.45) is 0.899. The van der Waals surface area contributed by atoms with E-state index in [1.165, 1.54) is 0 Å². The highest BCUT2D eigenvalue weighted by Gasteiger charge is 2.36. The molecule has 0 saturated carbocycles.